The molecule has 5 nitrogen and oxygen atoms in total. The summed E-state index contributed by atoms with van der Waals surface area (Å²) in [7, 11) is 1.55. The number of amides is 1. The molecule has 2 atom stereocenters. The van der Waals surface area contributed by atoms with E-state index >= 15 is 0 Å². The number of hydrogen-bond acceptors (Lipinski definition) is 5. The molecule has 0 fully saturated rings. The topological polar surface area (TPSA) is 77.2 Å². The Balaban J connectivity index is 0. The molecule has 0 saturated heterocycles. The van der Waals surface area contributed by atoms with Gasteiger partial charge < -0.3 is 15.8 Å². The third kappa shape index (κ3) is 7.08. The summed E-state index contributed by atoms with van der Waals surface area (Å²) in [4.78, 5) is 17.1. The first-order chi connectivity index (χ1) is 8.06. The second kappa shape index (κ2) is 10.4. The molecule has 0 spiro atoms. The van der Waals surface area contributed by atoms with Crippen LogP contribution in [0.15, 0.2) is 6.20 Å². The Morgan fingerprint density at radius 2 is 2.21 bits per heavy atom. The van der Waals surface area contributed by atoms with E-state index in [4.69, 9.17) is 10.5 Å². The van der Waals surface area contributed by atoms with Crippen LogP contribution in [0.5, 0.6) is 0 Å². The summed E-state index contributed by atoms with van der Waals surface area (Å²) < 4.78 is 5.06. The fourth-order valence-corrected chi connectivity index (χ4v) is 2.18. The zero-order chi connectivity index (χ0) is 12.8. The summed E-state index contributed by atoms with van der Waals surface area (Å²) >= 11 is 1.59. The lowest BCUT2D eigenvalue weighted by Crippen LogP contribution is -2.33. The van der Waals surface area contributed by atoms with E-state index in [2.05, 4.69) is 10.3 Å². The van der Waals surface area contributed by atoms with Gasteiger partial charge >= 0.3 is 0 Å². The number of carbonyl (C=O) groups is 1. The molecule has 0 aliphatic heterocycles. The minimum absolute atomic E-state index is 0. The maximum Gasteiger partial charge on any atom is 0.223 e. The van der Waals surface area contributed by atoms with Crippen molar-refractivity contribution in [1.82, 2.24) is 10.3 Å². The van der Waals surface area contributed by atoms with Crippen molar-refractivity contribution in [1.29, 1.82) is 0 Å². The molecule has 0 aliphatic carbocycles. The van der Waals surface area contributed by atoms with Crippen LogP contribution in [-0.2, 0) is 9.53 Å². The zero-order valence-corrected chi connectivity index (χ0v) is 13.7. The molecule has 1 amide bonds. The lowest BCUT2D eigenvalue weighted by Gasteiger charge is -2.15. The highest BCUT2D eigenvalue weighted by atomic mass is 35.5. The van der Waals surface area contributed by atoms with Crippen LogP contribution >= 0.6 is 36.2 Å². The van der Waals surface area contributed by atoms with Crippen molar-refractivity contribution in [2.24, 2.45) is 5.73 Å². The first kappa shape index (κ1) is 20.9. The highest BCUT2D eigenvalue weighted by Gasteiger charge is 2.16. The highest BCUT2D eigenvalue weighted by molar-refractivity contribution is 7.11. The number of thiazole rings is 1. The third-order valence-corrected chi connectivity index (χ3v) is 3.49. The second-order valence-corrected chi connectivity index (χ2v) is 5.16. The Labute approximate surface area is 130 Å². The first-order valence-electron chi connectivity index (χ1n) is 5.51. The average molecular weight is 330 g/mol. The number of aryl methyl sites for hydroxylation is 1. The van der Waals surface area contributed by atoms with Crippen molar-refractivity contribution < 1.29 is 9.53 Å². The van der Waals surface area contributed by atoms with Gasteiger partial charge in [0.25, 0.3) is 0 Å². The van der Waals surface area contributed by atoms with Gasteiger partial charge in [0.1, 0.15) is 5.01 Å². The Morgan fingerprint density at radius 3 is 2.63 bits per heavy atom. The van der Waals surface area contributed by atoms with E-state index in [0.717, 1.165) is 9.88 Å². The van der Waals surface area contributed by atoms with E-state index in [-0.39, 0.29) is 49.3 Å². The van der Waals surface area contributed by atoms with Crippen molar-refractivity contribution in [2.75, 3.05) is 13.7 Å². The minimum Gasteiger partial charge on any atom is -0.380 e. The molecule has 3 N–H and O–H groups in total. The van der Waals surface area contributed by atoms with Crippen LogP contribution in [0.4, 0.5) is 0 Å². The molecule has 19 heavy (non-hydrogen) atoms. The standard InChI is InChI=1S/C11H19N3O2S.2ClH/c1-7-6-13-11(17-7)8(2)14-10(15)4-9(5-12)16-3;;/h6,8-9H,4-5,12H2,1-3H3,(H,14,15);2*1H. The van der Waals surface area contributed by atoms with E-state index in [1.54, 1.807) is 24.6 Å². The van der Waals surface area contributed by atoms with Gasteiger partial charge in [-0.05, 0) is 13.8 Å². The number of carbonyl (C=O) groups excluding carboxylic acids is 1. The third-order valence-electron chi connectivity index (χ3n) is 2.40. The summed E-state index contributed by atoms with van der Waals surface area (Å²) in [6.45, 7) is 4.25. The number of halogens is 2. The average Bonchev–Trinajstić information content (AvgIpc) is 2.72. The van der Waals surface area contributed by atoms with Crippen LogP contribution in [0, 0.1) is 6.92 Å². The molecule has 1 rings (SSSR count). The molecular weight excluding hydrogens is 309 g/mol. The van der Waals surface area contributed by atoms with E-state index in [0.29, 0.717) is 6.54 Å². The van der Waals surface area contributed by atoms with Crippen LogP contribution in [0.3, 0.4) is 0 Å². The number of nitrogens with two attached hydrogens (primary N) is 1. The summed E-state index contributed by atoms with van der Waals surface area (Å²) in [6.07, 6.45) is 1.86. The number of ether oxygens (including phenoxy) is 1. The number of rotatable bonds is 6. The Kier molecular flexibility index (Phi) is 11.4. The Hall–Kier alpha value is -0.400. The number of nitrogens with one attached hydrogen (secondary N) is 1. The van der Waals surface area contributed by atoms with Gasteiger partial charge in [-0.25, -0.2) is 4.98 Å². The normalized spacial score (nSPS) is 12.8. The first-order valence-corrected chi connectivity index (χ1v) is 6.33. The zero-order valence-electron chi connectivity index (χ0n) is 11.2. The van der Waals surface area contributed by atoms with Gasteiger partial charge in [0, 0.05) is 24.7 Å². The van der Waals surface area contributed by atoms with E-state index in [9.17, 15) is 4.79 Å². The Bertz CT molecular complexity index is 373. The Morgan fingerprint density at radius 1 is 1.58 bits per heavy atom. The molecule has 0 aromatic carbocycles. The molecule has 1 aromatic rings. The largest absolute Gasteiger partial charge is 0.380 e. The van der Waals surface area contributed by atoms with Gasteiger partial charge in [-0.15, -0.1) is 36.2 Å². The molecular formula is C11H21Cl2N3O2S. The molecule has 2 unspecified atom stereocenters. The number of hydrogen-bond donors (Lipinski definition) is 2. The van der Waals surface area contributed by atoms with Crippen molar-refractivity contribution >= 4 is 42.1 Å². The summed E-state index contributed by atoms with van der Waals surface area (Å²) in [5.74, 6) is -0.0670. The predicted molar refractivity (Wildman–Crippen MR) is 82.4 cm³/mol. The summed E-state index contributed by atoms with van der Waals surface area (Å²) in [5, 5.41) is 3.80. The lowest BCUT2D eigenvalue weighted by molar-refractivity contribution is -0.124. The molecule has 0 saturated carbocycles. The lowest BCUT2D eigenvalue weighted by atomic mass is 10.2. The van der Waals surface area contributed by atoms with Crippen molar-refractivity contribution in [3.63, 3.8) is 0 Å². The van der Waals surface area contributed by atoms with Crippen LogP contribution < -0.4 is 11.1 Å². The molecule has 0 radical (unpaired) electrons. The predicted octanol–water partition coefficient (Wildman–Crippen LogP) is 1.84. The molecule has 0 bridgehead atoms. The van der Waals surface area contributed by atoms with E-state index < -0.39 is 0 Å². The monoisotopic (exact) mass is 329 g/mol. The van der Waals surface area contributed by atoms with Crippen molar-refractivity contribution in [2.45, 2.75) is 32.4 Å². The SMILES string of the molecule is COC(CN)CC(=O)NC(C)c1ncc(C)s1.Cl.Cl. The van der Waals surface area contributed by atoms with Gasteiger partial charge in [-0.1, -0.05) is 0 Å². The fraction of sp³-hybridized carbons (Fsp3) is 0.636. The number of methoxy groups -OCH3 is 1. The van der Waals surface area contributed by atoms with Crippen LogP contribution in [0.2, 0.25) is 0 Å². The molecule has 0 aliphatic rings. The summed E-state index contributed by atoms with van der Waals surface area (Å²) in [5.41, 5.74) is 5.46. The molecule has 8 heteroatoms. The van der Waals surface area contributed by atoms with Gasteiger partial charge in [-0.3, -0.25) is 4.79 Å². The van der Waals surface area contributed by atoms with Gasteiger partial charge in [0.15, 0.2) is 0 Å². The van der Waals surface area contributed by atoms with Gasteiger partial charge in [-0.2, -0.15) is 0 Å². The van der Waals surface area contributed by atoms with Crippen LogP contribution in [0.1, 0.15) is 29.3 Å². The smallest absolute Gasteiger partial charge is 0.223 e. The quantitative estimate of drug-likeness (QED) is 0.834. The molecule has 1 aromatic heterocycles. The maximum absolute atomic E-state index is 11.7. The van der Waals surface area contributed by atoms with E-state index in [1.807, 2.05) is 13.8 Å². The molecule has 1 heterocycles. The molecule has 112 valence electrons. The van der Waals surface area contributed by atoms with Crippen molar-refractivity contribution in [3.05, 3.63) is 16.1 Å². The highest BCUT2D eigenvalue weighted by Crippen LogP contribution is 2.18. The fourth-order valence-electron chi connectivity index (χ4n) is 1.40. The van der Waals surface area contributed by atoms with E-state index in [1.165, 1.54) is 0 Å². The van der Waals surface area contributed by atoms with Crippen molar-refractivity contribution in [3.8, 4) is 0 Å². The number of nitrogens with zero attached hydrogens (tertiary/aromatic N) is 1. The summed E-state index contributed by atoms with van der Waals surface area (Å²) in [6, 6.07) is -0.0727. The number of aromatic nitrogens is 1. The second-order valence-electron chi connectivity index (χ2n) is 3.90. The van der Waals surface area contributed by atoms with Gasteiger partial charge in [0.05, 0.1) is 18.6 Å². The van der Waals surface area contributed by atoms with Gasteiger partial charge in [0.2, 0.25) is 5.91 Å². The van der Waals surface area contributed by atoms with Crippen LogP contribution in [-0.4, -0.2) is 30.6 Å². The van der Waals surface area contributed by atoms with Crippen LogP contribution in [0.25, 0.3) is 0 Å². The minimum atomic E-state index is -0.222. The maximum atomic E-state index is 11.7.